The molecule has 2 aromatic carbocycles. The number of imidazole rings is 1. The summed E-state index contributed by atoms with van der Waals surface area (Å²) in [4.78, 5) is 16.5. The van der Waals surface area contributed by atoms with E-state index in [0.717, 1.165) is 23.5 Å². The number of hydrogen-bond donors (Lipinski definition) is 1. The van der Waals surface area contributed by atoms with Crippen molar-refractivity contribution in [3.8, 4) is 22.4 Å². The van der Waals surface area contributed by atoms with Crippen molar-refractivity contribution in [1.29, 1.82) is 0 Å². The Morgan fingerprint density at radius 2 is 1.69 bits per heavy atom. The number of carbonyl (C=O) groups is 1. The lowest BCUT2D eigenvalue weighted by molar-refractivity contribution is -0.137. The van der Waals surface area contributed by atoms with Crippen molar-refractivity contribution in [2.24, 2.45) is 0 Å². The number of alkyl halides is 3. The molecule has 0 spiro atoms. The van der Waals surface area contributed by atoms with Gasteiger partial charge in [0, 0.05) is 5.56 Å². The molecular weight excluding hydrogens is 505 g/mol. The number of halogens is 3. The molecule has 2 heterocycles. The van der Waals surface area contributed by atoms with Crippen LogP contribution in [0.1, 0.15) is 26.3 Å². The van der Waals surface area contributed by atoms with E-state index in [2.05, 4.69) is 10.1 Å². The second kappa shape index (κ2) is 8.64. The molecule has 0 atom stereocenters. The average molecular weight is 525 g/mol. The van der Waals surface area contributed by atoms with Crippen LogP contribution in [-0.4, -0.2) is 34.7 Å². The van der Waals surface area contributed by atoms with Crippen LogP contribution >= 0.6 is 11.3 Å². The molecule has 0 bridgehead atoms. The number of sulfonamides is 1. The summed E-state index contributed by atoms with van der Waals surface area (Å²) in [5, 5.41) is 3.99. The zero-order valence-corrected chi connectivity index (χ0v) is 20.3. The molecule has 0 saturated heterocycles. The molecule has 8 nitrogen and oxygen atoms in total. The highest BCUT2D eigenvalue weighted by atomic mass is 32.2. The van der Waals surface area contributed by atoms with Gasteiger partial charge >= 0.3 is 12.3 Å². The molecule has 0 saturated carbocycles. The fourth-order valence-corrected chi connectivity index (χ4v) is 5.04. The SMILES string of the molecule is CC(C)(C)OC(=O)NS(=O)(=O)c1nn2cc(-c3ccc(-c4cccc(C(F)(F)F)c4)cc3)nc2s1. The Balaban J connectivity index is 1.54. The zero-order chi connectivity index (χ0) is 25.6. The normalized spacial score (nSPS) is 12.6. The Morgan fingerprint density at radius 3 is 2.29 bits per heavy atom. The molecule has 0 aliphatic heterocycles. The van der Waals surface area contributed by atoms with Crippen molar-refractivity contribution >= 4 is 32.4 Å². The topological polar surface area (TPSA) is 103 Å². The summed E-state index contributed by atoms with van der Waals surface area (Å²) < 4.78 is 71.5. The van der Waals surface area contributed by atoms with Crippen LogP contribution in [-0.2, 0) is 20.9 Å². The van der Waals surface area contributed by atoms with E-state index in [9.17, 15) is 26.4 Å². The molecule has 0 fully saturated rings. The summed E-state index contributed by atoms with van der Waals surface area (Å²) in [5.74, 6) is 0. The van der Waals surface area contributed by atoms with Crippen molar-refractivity contribution in [3.05, 3.63) is 60.3 Å². The van der Waals surface area contributed by atoms with Gasteiger partial charge in [-0.25, -0.2) is 19.0 Å². The van der Waals surface area contributed by atoms with Gasteiger partial charge in [-0.15, -0.1) is 5.10 Å². The van der Waals surface area contributed by atoms with Gasteiger partial charge in [0.1, 0.15) is 5.60 Å². The number of aromatic nitrogens is 3. The molecule has 0 radical (unpaired) electrons. The molecule has 4 rings (SSSR count). The van der Waals surface area contributed by atoms with E-state index >= 15 is 0 Å². The Bertz CT molecular complexity index is 1470. The summed E-state index contributed by atoms with van der Waals surface area (Å²) in [6.45, 7) is 4.80. The maximum atomic E-state index is 13.0. The van der Waals surface area contributed by atoms with Gasteiger partial charge in [-0.2, -0.15) is 21.6 Å². The zero-order valence-electron chi connectivity index (χ0n) is 18.6. The Morgan fingerprint density at radius 1 is 1.03 bits per heavy atom. The molecule has 35 heavy (non-hydrogen) atoms. The number of nitrogens with one attached hydrogen (secondary N) is 1. The highest BCUT2D eigenvalue weighted by Gasteiger charge is 2.30. The maximum Gasteiger partial charge on any atom is 0.421 e. The number of ether oxygens (including phenoxy) is 1. The molecule has 0 aliphatic rings. The van der Waals surface area contributed by atoms with E-state index < -0.39 is 33.5 Å². The first-order valence-electron chi connectivity index (χ1n) is 10.1. The van der Waals surface area contributed by atoms with Crippen molar-refractivity contribution in [3.63, 3.8) is 0 Å². The second-order valence-electron chi connectivity index (χ2n) is 8.48. The minimum atomic E-state index is -4.43. The van der Waals surface area contributed by atoms with Gasteiger partial charge < -0.3 is 4.74 Å². The first-order valence-corrected chi connectivity index (χ1v) is 12.4. The lowest BCUT2D eigenvalue weighted by Gasteiger charge is -2.19. The van der Waals surface area contributed by atoms with Gasteiger partial charge in [0.25, 0.3) is 14.4 Å². The summed E-state index contributed by atoms with van der Waals surface area (Å²) in [6, 6.07) is 11.8. The molecule has 4 aromatic rings. The molecular formula is C22H19F3N4O4S2. The van der Waals surface area contributed by atoms with Crippen LogP contribution in [0.5, 0.6) is 0 Å². The summed E-state index contributed by atoms with van der Waals surface area (Å²) >= 11 is 0.760. The Kier molecular flexibility index (Phi) is 6.09. The average Bonchev–Trinajstić information content (AvgIpc) is 3.31. The molecule has 0 unspecified atom stereocenters. The highest BCUT2D eigenvalue weighted by Crippen LogP contribution is 2.33. The third-order valence-electron chi connectivity index (χ3n) is 4.57. The predicted molar refractivity (Wildman–Crippen MR) is 123 cm³/mol. The predicted octanol–water partition coefficient (Wildman–Crippen LogP) is 5.36. The fourth-order valence-electron chi connectivity index (χ4n) is 3.09. The van der Waals surface area contributed by atoms with Crippen LogP contribution in [0.2, 0.25) is 0 Å². The van der Waals surface area contributed by atoms with E-state index in [0.29, 0.717) is 22.4 Å². The lowest BCUT2D eigenvalue weighted by atomic mass is 10.0. The lowest BCUT2D eigenvalue weighted by Crippen LogP contribution is -2.36. The molecule has 184 valence electrons. The van der Waals surface area contributed by atoms with Crippen molar-refractivity contribution < 1.29 is 31.1 Å². The van der Waals surface area contributed by atoms with Crippen molar-refractivity contribution in [1.82, 2.24) is 19.3 Å². The second-order valence-corrected chi connectivity index (χ2v) is 11.3. The number of nitrogens with zero attached hydrogens (tertiary/aromatic N) is 3. The van der Waals surface area contributed by atoms with Crippen LogP contribution in [0.25, 0.3) is 27.3 Å². The molecule has 0 aliphatic carbocycles. The van der Waals surface area contributed by atoms with Gasteiger partial charge in [-0.05, 0) is 44.0 Å². The van der Waals surface area contributed by atoms with E-state index in [4.69, 9.17) is 4.74 Å². The smallest absolute Gasteiger partial charge is 0.421 e. The van der Waals surface area contributed by atoms with E-state index in [1.807, 2.05) is 4.72 Å². The van der Waals surface area contributed by atoms with Gasteiger partial charge in [-0.3, -0.25) is 0 Å². The fraction of sp³-hybridized carbons (Fsp3) is 0.227. The largest absolute Gasteiger partial charge is 0.443 e. The molecule has 1 amide bonds. The van der Waals surface area contributed by atoms with Gasteiger partial charge in [0.15, 0.2) is 0 Å². The van der Waals surface area contributed by atoms with E-state index in [-0.39, 0.29) is 9.30 Å². The third-order valence-corrected chi connectivity index (χ3v) is 7.18. The first-order chi connectivity index (χ1) is 16.2. The highest BCUT2D eigenvalue weighted by molar-refractivity contribution is 7.92. The monoisotopic (exact) mass is 524 g/mol. The first kappa shape index (κ1) is 24.7. The summed E-state index contributed by atoms with van der Waals surface area (Å²) in [5.41, 5.74) is 0.569. The minimum Gasteiger partial charge on any atom is -0.443 e. The number of amides is 1. The molecule has 2 aromatic heterocycles. The number of carbonyl (C=O) groups excluding carboxylic acids is 1. The molecule has 13 heteroatoms. The number of hydrogen-bond acceptors (Lipinski definition) is 7. The summed E-state index contributed by atoms with van der Waals surface area (Å²) in [7, 11) is -4.25. The van der Waals surface area contributed by atoms with Gasteiger partial charge in [-0.1, -0.05) is 47.7 Å². The van der Waals surface area contributed by atoms with Crippen LogP contribution in [0, 0.1) is 0 Å². The van der Waals surface area contributed by atoms with E-state index in [1.165, 1.54) is 16.8 Å². The van der Waals surface area contributed by atoms with Crippen molar-refractivity contribution in [2.75, 3.05) is 0 Å². The van der Waals surface area contributed by atoms with Crippen LogP contribution in [0.3, 0.4) is 0 Å². The van der Waals surface area contributed by atoms with Crippen LogP contribution < -0.4 is 4.72 Å². The van der Waals surface area contributed by atoms with Crippen LogP contribution in [0.15, 0.2) is 59.1 Å². The van der Waals surface area contributed by atoms with E-state index in [1.54, 1.807) is 51.1 Å². The maximum absolute atomic E-state index is 13.0. The van der Waals surface area contributed by atoms with Crippen LogP contribution in [0.4, 0.5) is 18.0 Å². The quantitative estimate of drug-likeness (QED) is 0.386. The standard InChI is InChI=1S/C22H19F3N4O4S2/c1-21(2,3)33-19(30)28-35(31,32)20-27-29-12-17(26-18(29)34-20)14-9-7-13(8-10-14)15-5-4-6-16(11-15)22(23,24)25/h4-12H,1-3H3,(H,28,30). The Hall–Kier alpha value is -3.45. The van der Waals surface area contributed by atoms with Gasteiger partial charge in [0.05, 0.1) is 17.5 Å². The minimum absolute atomic E-state index is 0.270. The summed E-state index contributed by atoms with van der Waals surface area (Å²) in [6.07, 6.45) is -4.04. The third kappa shape index (κ3) is 5.62. The molecule has 1 N–H and O–H groups in total. The Labute approximate surface area is 202 Å². The number of fused-ring (bicyclic) bond motifs is 1. The number of rotatable bonds is 4. The number of benzene rings is 2. The van der Waals surface area contributed by atoms with Crippen molar-refractivity contribution in [2.45, 2.75) is 36.9 Å². The van der Waals surface area contributed by atoms with Gasteiger partial charge in [0.2, 0.25) is 4.96 Å².